The van der Waals surface area contributed by atoms with Crippen LogP contribution >= 0.6 is 0 Å². The maximum Gasteiger partial charge on any atom is 0.0541 e. The average Bonchev–Trinajstić information content (AvgIpc) is 3.92. The molecule has 0 radical (unpaired) electrons. The Labute approximate surface area is 335 Å². The third-order valence-electron chi connectivity index (χ3n) is 12.2. The topological polar surface area (TPSA) is 14.8 Å². The van der Waals surface area contributed by atoms with Gasteiger partial charge in [0.25, 0.3) is 0 Å². The number of para-hydroxylation sites is 5. The van der Waals surface area contributed by atoms with Gasteiger partial charge in [0.2, 0.25) is 0 Å². The van der Waals surface area contributed by atoms with Gasteiger partial charge < -0.3 is 13.7 Å². The molecule has 0 N–H and O–H groups in total. The summed E-state index contributed by atoms with van der Waals surface area (Å²) in [6, 6.07) is 75.4. The minimum atomic E-state index is 1.16. The fraction of sp³-hybridized carbons (Fsp3) is 0.0182. The molecule has 12 aromatic rings. The minimum absolute atomic E-state index is 1.16. The SMILES string of the molecule is Cc1cc(-n2c3ccccc3c3cc(-c4ccc5c(c4)c4ccccc4n5-c4ccccc4)ccc32)ccc1-c1ccc2c(c1)c1ccccc1n2-c1ccccc1. The van der Waals surface area contributed by atoms with E-state index in [0.717, 1.165) is 5.69 Å². The highest BCUT2D eigenvalue weighted by atomic mass is 15.0. The van der Waals surface area contributed by atoms with Crippen LogP contribution < -0.4 is 0 Å². The van der Waals surface area contributed by atoms with Crippen molar-refractivity contribution < 1.29 is 0 Å². The minimum Gasteiger partial charge on any atom is -0.309 e. The Kier molecular flexibility index (Phi) is 7.14. The number of benzene rings is 9. The van der Waals surface area contributed by atoms with Gasteiger partial charge in [-0.3, -0.25) is 0 Å². The lowest BCUT2D eigenvalue weighted by molar-refractivity contribution is 1.17. The van der Waals surface area contributed by atoms with Crippen LogP contribution in [0.5, 0.6) is 0 Å². The van der Waals surface area contributed by atoms with Crippen molar-refractivity contribution in [2.75, 3.05) is 0 Å². The highest BCUT2D eigenvalue weighted by molar-refractivity contribution is 6.13. The zero-order valence-corrected chi connectivity index (χ0v) is 32.0. The van der Waals surface area contributed by atoms with Crippen molar-refractivity contribution >= 4 is 65.4 Å². The van der Waals surface area contributed by atoms with Gasteiger partial charge in [0.05, 0.1) is 33.1 Å². The Morgan fingerprint density at radius 3 is 1.07 bits per heavy atom. The van der Waals surface area contributed by atoms with E-state index in [1.54, 1.807) is 0 Å². The van der Waals surface area contributed by atoms with Crippen molar-refractivity contribution in [1.29, 1.82) is 0 Å². The largest absolute Gasteiger partial charge is 0.309 e. The highest BCUT2D eigenvalue weighted by Gasteiger charge is 2.18. The Bertz CT molecular complexity index is 3560. The normalized spacial score (nSPS) is 11.9. The van der Waals surface area contributed by atoms with Crippen LogP contribution in [0.4, 0.5) is 0 Å². The van der Waals surface area contributed by atoms with Gasteiger partial charge in [-0.1, -0.05) is 115 Å². The van der Waals surface area contributed by atoms with E-state index in [1.165, 1.54) is 105 Å². The molecule has 0 fully saturated rings. The molecule has 0 aliphatic heterocycles. The van der Waals surface area contributed by atoms with Gasteiger partial charge >= 0.3 is 0 Å². The second-order valence-electron chi connectivity index (χ2n) is 15.4. The smallest absolute Gasteiger partial charge is 0.0541 e. The molecule has 3 nitrogen and oxygen atoms in total. The number of aromatic nitrogens is 3. The molecule has 0 amide bonds. The van der Waals surface area contributed by atoms with E-state index in [0.29, 0.717) is 0 Å². The lowest BCUT2D eigenvalue weighted by Crippen LogP contribution is -1.96. The standard InChI is InChI=1S/C55H37N3/c1-36-32-42(27-28-43(36)39-26-31-54-49(35-39)46-20-9-12-22-51(46)57(54)41-16-6-3-7-17-41)58-52-23-13-10-19-45(52)48-34-38(25-30-55(48)58)37-24-29-53-47(33-37)44-18-8-11-21-50(44)56(53)40-14-4-2-5-15-40/h2-35H,1H3. The summed E-state index contributed by atoms with van der Waals surface area (Å²) in [5.74, 6) is 0. The van der Waals surface area contributed by atoms with Crippen LogP contribution in [0, 0.1) is 6.92 Å². The Morgan fingerprint density at radius 1 is 0.259 bits per heavy atom. The third-order valence-corrected chi connectivity index (χ3v) is 12.2. The molecule has 0 atom stereocenters. The summed E-state index contributed by atoms with van der Waals surface area (Å²) in [6.07, 6.45) is 0. The lowest BCUT2D eigenvalue weighted by atomic mass is 9.98. The first-order valence-corrected chi connectivity index (χ1v) is 20.0. The molecule has 3 aromatic heterocycles. The zero-order chi connectivity index (χ0) is 38.3. The monoisotopic (exact) mass is 739 g/mol. The maximum atomic E-state index is 2.43. The molecule has 0 bridgehead atoms. The van der Waals surface area contributed by atoms with Crippen molar-refractivity contribution in [2.45, 2.75) is 6.92 Å². The first-order valence-electron chi connectivity index (χ1n) is 20.0. The Balaban J connectivity index is 0.964. The molecule has 3 heteroatoms. The maximum absolute atomic E-state index is 2.43. The van der Waals surface area contributed by atoms with Gasteiger partial charge in [-0.2, -0.15) is 0 Å². The van der Waals surface area contributed by atoms with Crippen molar-refractivity contribution in [3.8, 4) is 39.3 Å². The summed E-state index contributed by atoms with van der Waals surface area (Å²) >= 11 is 0. The van der Waals surface area contributed by atoms with Crippen molar-refractivity contribution in [1.82, 2.24) is 13.7 Å². The number of aryl methyl sites for hydroxylation is 1. The molecule has 0 saturated carbocycles. The fourth-order valence-electron chi connectivity index (χ4n) is 9.54. The summed E-state index contributed by atoms with van der Waals surface area (Å²) in [5, 5.41) is 7.56. The average molecular weight is 740 g/mol. The van der Waals surface area contributed by atoms with Crippen molar-refractivity contribution in [2.24, 2.45) is 0 Å². The number of nitrogens with zero attached hydrogens (tertiary/aromatic N) is 3. The predicted octanol–water partition coefficient (Wildman–Crippen LogP) is 14.6. The van der Waals surface area contributed by atoms with Gasteiger partial charge in [0.15, 0.2) is 0 Å². The summed E-state index contributed by atoms with van der Waals surface area (Å²) in [4.78, 5) is 0. The molecule has 0 unspecified atom stereocenters. The fourth-order valence-corrected chi connectivity index (χ4v) is 9.54. The van der Waals surface area contributed by atoms with Crippen LogP contribution in [0.15, 0.2) is 206 Å². The van der Waals surface area contributed by atoms with E-state index in [9.17, 15) is 0 Å². The second-order valence-corrected chi connectivity index (χ2v) is 15.4. The molecule has 0 saturated heterocycles. The number of hydrogen-bond acceptors (Lipinski definition) is 0. The molecule has 0 aliphatic carbocycles. The first-order chi connectivity index (χ1) is 28.7. The van der Waals surface area contributed by atoms with Crippen molar-refractivity contribution in [3.05, 3.63) is 212 Å². The molecule has 9 aromatic carbocycles. The van der Waals surface area contributed by atoms with Gasteiger partial charge in [-0.25, -0.2) is 0 Å². The Morgan fingerprint density at radius 2 is 0.621 bits per heavy atom. The predicted molar refractivity (Wildman–Crippen MR) is 245 cm³/mol. The molecule has 58 heavy (non-hydrogen) atoms. The quantitative estimate of drug-likeness (QED) is 0.167. The zero-order valence-electron chi connectivity index (χ0n) is 32.0. The molecular formula is C55H37N3. The molecule has 3 heterocycles. The van der Waals surface area contributed by atoms with Crippen LogP contribution in [0.3, 0.4) is 0 Å². The van der Waals surface area contributed by atoms with Crippen LogP contribution in [0.1, 0.15) is 5.56 Å². The van der Waals surface area contributed by atoms with Crippen molar-refractivity contribution in [3.63, 3.8) is 0 Å². The number of rotatable bonds is 5. The van der Waals surface area contributed by atoms with Gasteiger partial charge in [0.1, 0.15) is 0 Å². The summed E-state index contributed by atoms with van der Waals surface area (Å²) in [5.41, 5.74) is 16.9. The van der Waals surface area contributed by atoms with E-state index in [2.05, 4.69) is 227 Å². The molecular weight excluding hydrogens is 703 g/mol. The van der Waals surface area contributed by atoms with Gasteiger partial charge in [0, 0.05) is 49.4 Å². The molecule has 272 valence electrons. The van der Waals surface area contributed by atoms with E-state index in [1.807, 2.05) is 0 Å². The van der Waals surface area contributed by atoms with E-state index >= 15 is 0 Å². The van der Waals surface area contributed by atoms with Crippen LogP contribution in [-0.2, 0) is 0 Å². The summed E-state index contributed by atoms with van der Waals surface area (Å²) in [6.45, 7) is 2.24. The first kappa shape index (κ1) is 32.6. The van der Waals surface area contributed by atoms with Crippen LogP contribution in [0.25, 0.3) is 105 Å². The molecule has 0 aliphatic rings. The van der Waals surface area contributed by atoms with E-state index in [4.69, 9.17) is 0 Å². The second kappa shape index (κ2) is 12.7. The molecule has 0 spiro atoms. The van der Waals surface area contributed by atoms with E-state index < -0.39 is 0 Å². The Hall–Kier alpha value is -7.62. The number of fused-ring (bicyclic) bond motifs is 9. The van der Waals surface area contributed by atoms with Gasteiger partial charge in [-0.05, 0) is 126 Å². The number of hydrogen-bond donors (Lipinski definition) is 0. The van der Waals surface area contributed by atoms with Crippen LogP contribution in [-0.4, -0.2) is 13.7 Å². The molecule has 12 rings (SSSR count). The highest BCUT2D eigenvalue weighted by Crippen LogP contribution is 2.40. The summed E-state index contributed by atoms with van der Waals surface area (Å²) < 4.78 is 7.18. The lowest BCUT2D eigenvalue weighted by Gasteiger charge is -2.13. The van der Waals surface area contributed by atoms with Crippen LogP contribution in [0.2, 0.25) is 0 Å². The van der Waals surface area contributed by atoms with Gasteiger partial charge in [-0.15, -0.1) is 0 Å². The van der Waals surface area contributed by atoms with E-state index in [-0.39, 0.29) is 0 Å². The third kappa shape index (κ3) is 4.87. The summed E-state index contributed by atoms with van der Waals surface area (Å²) in [7, 11) is 0.